The van der Waals surface area contributed by atoms with E-state index < -0.39 is 6.16 Å². The van der Waals surface area contributed by atoms with Crippen molar-refractivity contribution in [1.29, 1.82) is 0 Å². The number of hydrogen-bond donors (Lipinski definition) is 0. The molecule has 0 N–H and O–H groups in total. The third kappa shape index (κ3) is 27.0. The summed E-state index contributed by atoms with van der Waals surface area (Å²) in [6.45, 7) is 12.1. The zero-order chi connectivity index (χ0) is 23.4. The first-order chi connectivity index (χ1) is 15.8. The number of rotatable bonds is 26. The first-order valence-corrected chi connectivity index (χ1v) is 11.2. The topological polar surface area (TPSA) is 109 Å². The lowest BCUT2D eigenvalue weighted by molar-refractivity contribution is -0.0190. The van der Waals surface area contributed by atoms with Crippen molar-refractivity contribution in [1.82, 2.24) is 0 Å². The monoisotopic (exact) mass is 470 g/mol. The van der Waals surface area contributed by atoms with Crippen LogP contribution in [0.2, 0.25) is 0 Å². The largest absolute Gasteiger partial charge is 0.508 e. The summed E-state index contributed by atoms with van der Waals surface area (Å²) in [5.74, 6) is 0. The van der Waals surface area contributed by atoms with Crippen LogP contribution < -0.4 is 0 Å². The van der Waals surface area contributed by atoms with E-state index in [0.717, 1.165) is 0 Å². The molecule has 0 bridgehead atoms. The molecule has 0 aromatic heterocycles. The Kier molecular flexibility index (Phi) is 27.1. The second kappa shape index (κ2) is 28.0. The van der Waals surface area contributed by atoms with E-state index in [9.17, 15) is 4.79 Å². The predicted molar refractivity (Wildman–Crippen MR) is 115 cm³/mol. The third-order valence-corrected chi connectivity index (χ3v) is 3.54. The Morgan fingerprint density at radius 2 is 0.594 bits per heavy atom. The van der Waals surface area contributed by atoms with Crippen molar-refractivity contribution in [2.75, 3.05) is 119 Å². The summed E-state index contributed by atoms with van der Waals surface area (Å²) in [4.78, 5) is 11.4. The van der Waals surface area contributed by atoms with E-state index in [2.05, 4.69) is 0 Å². The number of carbonyl (C=O) groups is 1. The van der Waals surface area contributed by atoms with Crippen LogP contribution in [0.3, 0.4) is 0 Å². The molecular weight excluding hydrogens is 428 g/mol. The first kappa shape index (κ1) is 30.9. The van der Waals surface area contributed by atoms with Crippen molar-refractivity contribution in [2.24, 2.45) is 0 Å². The molecule has 0 heterocycles. The molecule has 0 saturated carbocycles. The first-order valence-electron chi connectivity index (χ1n) is 11.2. The van der Waals surface area contributed by atoms with E-state index >= 15 is 0 Å². The molecule has 0 aromatic carbocycles. The van der Waals surface area contributed by atoms with Gasteiger partial charge in [0.2, 0.25) is 0 Å². The van der Waals surface area contributed by atoms with Crippen LogP contribution in [0.5, 0.6) is 0 Å². The molecule has 0 aliphatic carbocycles. The fourth-order valence-corrected chi connectivity index (χ4v) is 2.02. The highest BCUT2D eigenvalue weighted by atomic mass is 16.7. The molecule has 0 radical (unpaired) electrons. The van der Waals surface area contributed by atoms with Crippen LogP contribution in [-0.2, 0) is 47.4 Å². The summed E-state index contributed by atoms with van der Waals surface area (Å²) in [5, 5.41) is 0. The van der Waals surface area contributed by atoms with Crippen LogP contribution in [0, 0.1) is 0 Å². The minimum atomic E-state index is -0.752. The van der Waals surface area contributed by atoms with Gasteiger partial charge in [0, 0.05) is 13.2 Å². The molecule has 0 aliphatic heterocycles. The smallest absolute Gasteiger partial charge is 0.432 e. The van der Waals surface area contributed by atoms with Crippen LogP contribution in [0.25, 0.3) is 0 Å². The molecule has 0 spiro atoms. The molecule has 192 valence electrons. The Labute approximate surface area is 191 Å². The second-order valence-electron chi connectivity index (χ2n) is 6.02. The number of carbonyl (C=O) groups excluding carboxylic acids is 1. The Bertz CT molecular complexity index is 340. The Morgan fingerprint density at radius 3 is 0.844 bits per heavy atom. The Balaban J connectivity index is 3.14. The van der Waals surface area contributed by atoms with Crippen molar-refractivity contribution in [2.45, 2.75) is 13.8 Å². The van der Waals surface area contributed by atoms with Gasteiger partial charge in [0.1, 0.15) is 13.2 Å². The zero-order valence-electron chi connectivity index (χ0n) is 19.7. The van der Waals surface area contributed by atoms with Gasteiger partial charge in [-0.2, -0.15) is 0 Å². The van der Waals surface area contributed by atoms with E-state index in [1.807, 2.05) is 13.8 Å². The summed E-state index contributed by atoms with van der Waals surface area (Å²) >= 11 is 0. The van der Waals surface area contributed by atoms with Crippen LogP contribution in [0.15, 0.2) is 0 Å². The molecule has 0 rings (SSSR count). The van der Waals surface area contributed by atoms with Gasteiger partial charge in [-0.15, -0.1) is 0 Å². The molecule has 11 nitrogen and oxygen atoms in total. The highest BCUT2D eigenvalue weighted by Gasteiger charge is 2.03. The average molecular weight is 471 g/mol. The standard InChI is InChI=1S/C21H42O11/c1-3-23-5-7-25-9-11-27-13-15-29-17-19-31-21(22)32-20-18-30-16-14-28-12-10-26-8-6-24-4-2/h3-20H2,1-2H3. The van der Waals surface area contributed by atoms with Gasteiger partial charge in [0.25, 0.3) is 0 Å². The van der Waals surface area contributed by atoms with Crippen LogP contribution in [0.4, 0.5) is 4.79 Å². The fraction of sp³-hybridized carbons (Fsp3) is 0.952. The summed E-state index contributed by atoms with van der Waals surface area (Å²) in [5.41, 5.74) is 0. The Morgan fingerprint density at radius 1 is 0.375 bits per heavy atom. The maximum absolute atomic E-state index is 11.4. The van der Waals surface area contributed by atoms with Gasteiger partial charge in [-0.25, -0.2) is 4.79 Å². The van der Waals surface area contributed by atoms with Crippen LogP contribution in [-0.4, -0.2) is 125 Å². The van der Waals surface area contributed by atoms with Gasteiger partial charge in [-0.05, 0) is 13.8 Å². The lowest BCUT2D eigenvalue weighted by atomic mass is 10.7. The molecule has 32 heavy (non-hydrogen) atoms. The highest BCUT2D eigenvalue weighted by molar-refractivity contribution is 5.59. The Hall–Kier alpha value is -1.05. The molecular formula is C21H42O11. The summed E-state index contributed by atoms with van der Waals surface area (Å²) in [6.07, 6.45) is -0.752. The molecule has 0 atom stereocenters. The minimum Gasteiger partial charge on any atom is -0.432 e. The maximum Gasteiger partial charge on any atom is 0.508 e. The van der Waals surface area contributed by atoms with Crippen molar-refractivity contribution in [3.63, 3.8) is 0 Å². The predicted octanol–water partition coefficient (Wildman–Crippen LogP) is 1.31. The van der Waals surface area contributed by atoms with Gasteiger partial charge in [0.05, 0.1) is 92.5 Å². The fourth-order valence-electron chi connectivity index (χ4n) is 2.02. The summed E-state index contributed by atoms with van der Waals surface area (Å²) in [7, 11) is 0. The average Bonchev–Trinajstić information content (AvgIpc) is 2.80. The van der Waals surface area contributed by atoms with Crippen molar-refractivity contribution in [3.05, 3.63) is 0 Å². The van der Waals surface area contributed by atoms with Gasteiger partial charge >= 0.3 is 6.16 Å². The molecule has 11 heteroatoms. The van der Waals surface area contributed by atoms with E-state index in [0.29, 0.717) is 92.5 Å². The SMILES string of the molecule is CCOCCOCCOCCOCCOC(=O)OCCOCCOCCOCCOCC. The third-order valence-electron chi connectivity index (χ3n) is 3.54. The van der Waals surface area contributed by atoms with Crippen LogP contribution in [0.1, 0.15) is 13.8 Å². The molecule has 0 aliphatic rings. The van der Waals surface area contributed by atoms with Gasteiger partial charge < -0.3 is 47.4 Å². The quantitative estimate of drug-likeness (QED) is 0.135. The normalized spacial score (nSPS) is 11.1. The van der Waals surface area contributed by atoms with Gasteiger partial charge in [-0.3, -0.25) is 0 Å². The summed E-state index contributed by atoms with van der Waals surface area (Å²) in [6, 6.07) is 0. The molecule has 0 saturated heterocycles. The number of ether oxygens (including phenoxy) is 10. The molecule has 0 amide bonds. The van der Waals surface area contributed by atoms with Crippen molar-refractivity contribution in [3.8, 4) is 0 Å². The molecule has 0 unspecified atom stereocenters. The highest BCUT2D eigenvalue weighted by Crippen LogP contribution is 1.89. The minimum absolute atomic E-state index is 0.112. The maximum atomic E-state index is 11.4. The van der Waals surface area contributed by atoms with Gasteiger partial charge in [-0.1, -0.05) is 0 Å². The molecule has 0 fully saturated rings. The lowest BCUT2D eigenvalue weighted by Crippen LogP contribution is -2.17. The van der Waals surface area contributed by atoms with Crippen molar-refractivity contribution >= 4 is 6.16 Å². The number of hydrogen-bond acceptors (Lipinski definition) is 11. The van der Waals surface area contributed by atoms with Crippen LogP contribution >= 0.6 is 0 Å². The van der Waals surface area contributed by atoms with Crippen molar-refractivity contribution < 1.29 is 52.2 Å². The van der Waals surface area contributed by atoms with E-state index in [1.165, 1.54) is 0 Å². The zero-order valence-corrected chi connectivity index (χ0v) is 19.7. The second-order valence-corrected chi connectivity index (χ2v) is 6.02. The van der Waals surface area contributed by atoms with E-state index in [1.54, 1.807) is 0 Å². The summed E-state index contributed by atoms with van der Waals surface area (Å²) < 4.78 is 51.9. The van der Waals surface area contributed by atoms with Gasteiger partial charge in [0.15, 0.2) is 0 Å². The van der Waals surface area contributed by atoms with E-state index in [-0.39, 0.29) is 26.4 Å². The van der Waals surface area contributed by atoms with E-state index in [4.69, 9.17) is 47.4 Å². The lowest BCUT2D eigenvalue weighted by Gasteiger charge is -2.09. The molecule has 0 aromatic rings.